The van der Waals surface area contributed by atoms with Crippen molar-refractivity contribution in [3.8, 4) is 0 Å². The fourth-order valence-corrected chi connectivity index (χ4v) is 6.28. The summed E-state index contributed by atoms with van der Waals surface area (Å²) in [7, 11) is -1.27. The van der Waals surface area contributed by atoms with Gasteiger partial charge in [0, 0.05) is 43.4 Å². The van der Waals surface area contributed by atoms with Crippen LogP contribution >= 0.6 is 35.7 Å². The summed E-state index contributed by atoms with van der Waals surface area (Å²) < 4.78 is 23.5. The summed E-state index contributed by atoms with van der Waals surface area (Å²) in [5.41, 5.74) is 1.13. The number of nitrogens with one attached hydrogen (secondary N) is 1. The molecule has 0 amide bonds. The average Bonchev–Trinajstić information content (AvgIpc) is 2.65. The monoisotopic (exact) mass is 537 g/mol. The van der Waals surface area contributed by atoms with Crippen molar-refractivity contribution in [1.82, 2.24) is 10.2 Å². The number of thioether (sulfide) groups is 1. The Morgan fingerprint density at radius 2 is 1.89 bits per heavy atom. The van der Waals surface area contributed by atoms with E-state index >= 15 is 0 Å². The van der Waals surface area contributed by atoms with Crippen LogP contribution in [-0.4, -0.2) is 62.7 Å². The van der Waals surface area contributed by atoms with Crippen LogP contribution in [0, 0.1) is 0 Å². The van der Waals surface area contributed by atoms with Crippen molar-refractivity contribution in [2.24, 2.45) is 4.99 Å². The second-order valence-corrected chi connectivity index (χ2v) is 11.2. The maximum atomic E-state index is 11.6. The summed E-state index contributed by atoms with van der Waals surface area (Å²) in [4.78, 5) is 7.31. The lowest BCUT2D eigenvalue weighted by Crippen LogP contribution is -2.53. The molecule has 0 radical (unpaired) electrons. The predicted octanol–water partition coefficient (Wildman–Crippen LogP) is 3.58. The lowest BCUT2D eigenvalue weighted by Gasteiger charge is -2.45. The number of halogens is 1. The Kier molecular flexibility index (Phi) is 8.94. The van der Waals surface area contributed by atoms with Crippen LogP contribution in [-0.2, 0) is 16.3 Å². The highest BCUT2D eigenvalue weighted by Gasteiger charge is 2.38. The number of nitrogens with zero attached hydrogens (tertiary/aromatic N) is 2. The number of sulfone groups is 1. The van der Waals surface area contributed by atoms with Crippen LogP contribution in [0.1, 0.15) is 37.7 Å². The maximum Gasteiger partial charge on any atom is 0.193 e. The first kappa shape index (κ1) is 23.8. The Morgan fingerprint density at radius 1 is 1.21 bits per heavy atom. The highest BCUT2D eigenvalue weighted by molar-refractivity contribution is 14.0. The van der Waals surface area contributed by atoms with Crippen molar-refractivity contribution in [1.29, 1.82) is 0 Å². The number of aliphatic imine (C=N–C) groups is 1. The van der Waals surface area contributed by atoms with Gasteiger partial charge in [-0.1, -0.05) is 31.4 Å². The molecule has 2 aliphatic rings. The van der Waals surface area contributed by atoms with Crippen LogP contribution in [0.2, 0.25) is 0 Å². The molecule has 1 aliphatic heterocycles. The van der Waals surface area contributed by atoms with E-state index in [2.05, 4.69) is 27.0 Å². The highest BCUT2D eigenvalue weighted by atomic mass is 127. The maximum absolute atomic E-state index is 11.6. The van der Waals surface area contributed by atoms with Gasteiger partial charge in [0.2, 0.25) is 0 Å². The van der Waals surface area contributed by atoms with E-state index in [9.17, 15) is 8.42 Å². The topological polar surface area (TPSA) is 61.8 Å². The molecule has 1 saturated heterocycles. The van der Waals surface area contributed by atoms with E-state index in [-0.39, 0.29) is 24.0 Å². The van der Waals surface area contributed by atoms with Crippen LogP contribution in [0.4, 0.5) is 0 Å². The first-order valence-corrected chi connectivity index (χ1v) is 12.7. The first-order valence-electron chi connectivity index (χ1n) is 9.80. The van der Waals surface area contributed by atoms with E-state index < -0.39 is 9.84 Å². The van der Waals surface area contributed by atoms with Crippen LogP contribution in [0.15, 0.2) is 34.2 Å². The third kappa shape index (κ3) is 6.26. The lowest BCUT2D eigenvalue weighted by molar-refractivity contribution is 0.293. The lowest BCUT2D eigenvalue weighted by atomic mass is 9.87. The van der Waals surface area contributed by atoms with Gasteiger partial charge in [0.05, 0.1) is 4.90 Å². The molecule has 1 aromatic carbocycles. The summed E-state index contributed by atoms with van der Waals surface area (Å²) >= 11 is 2.17. The van der Waals surface area contributed by atoms with E-state index in [4.69, 9.17) is 0 Å². The van der Waals surface area contributed by atoms with E-state index in [0.29, 0.717) is 9.64 Å². The van der Waals surface area contributed by atoms with Crippen molar-refractivity contribution in [2.45, 2.75) is 48.2 Å². The van der Waals surface area contributed by atoms with Crippen molar-refractivity contribution >= 4 is 51.5 Å². The quantitative estimate of drug-likeness (QED) is 0.362. The summed E-state index contributed by atoms with van der Waals surface area (Å²) in [6.45, 7) is 2.94. The van der Waals surface area contributed by atoms with Crippen molar-refractivity contribution < 1.29 is 8.42 Å². The SMILES string of the molecule is CN=C(NCCc1ccc(S(C)(=O)=O)cc1)N1CCSC2(CCCCC2)C1.I. The highest BCUT2D eigenvalue weighted by Crippen LogP contribution is 2.42. The van der Waals surface area contributed by atoms with E-state index in [1.54, 1.807) is 12.1 Å². The summed E-state index contributed by atoms with van der Waals surface area (Å²) in [5, 5.41) is 3.50. The molecule has 28 heavy (non-hydrogen) atoms. The molecule has 8 heteroatoms. The minimum atomic E-state index is -3.13. The molecule has 1 N–H and O–H groups in total. The molecule has 0 unspecified atom stereocenters. The fourth-order valence-electron chi connectivity index (χ4n) is 4.08. The molecule has 3 rings (SSSR count). The molecule has 0 bridgehead atoms. The number of benzene rings is 1. The van der Waals surface area contributed by atoms with Gasteiger partial charge < -0.3 is 10.2 Å². The molecule has 0 aromatic heterocycles. The smallest absolute Gasteiger partial charge is 0.193 e. The molecular formula is C20H32IN3O2S2. The molecule has 1 saturated carbocycles. The van der Waals surface area contributed by atoms with Gasteiger partial charge in [-0.25, -0.2) is 8.42 Å². The van der Waals surface area contributed by atoms with Crippen LogP contribution in [0.25, 0.3) is 0 Å². The van der Waals surface area contributed by atoms with E-state index in [1.165, 1.54) is 44.1 Å². The number of rotatable bonds is 4. The zero-order valence-corrected chi connectivity index (χ0v) is 20.8. The van der Waals surface area contributed by atoms with Gasteiger partial charge >= 0.3 is 0 Å². The zero-order valence-electron chi connectivity index (χ0n) is 16.8. The molecule has 158 valence electrons. The largest absolute Gasteiger partial charge is 0.356 e. The van der Waals surface area contributed by atoms with Gasteiger partial charge in [-0.3, -0.25) is 4.99 Å². The van der Waals surface area contributed by atoms with Gasteiger partial charge in [0.15, 0.2) is 15.8 Å². The second-order valence-electron chi connectivity index (χ2n) is 7.65. The molecule has 1 aliphatic carbocycles. The minimum Gasteiger partial charge on any atom is -0.356 e. The number of hydrogen-bond donors (Lipinski definition) is 1. The summed E-state index contributed by atoms with van der Waals surface area (Å²) in [6, 6.07) is 7.17. The van der Waals surface area contributed by atoms with Crippen molar-refractivity contribution in [2.75, 3.05) is 38.7 Å². The molecule has 2 fully saturated rings. The van der Waals surface area contributed by atoms with Crippen LogP contribution < -0.4 is 5.32 Å². The second kappa shape index (κ2) is 10.5. The summed E-state index contributed by atoms with van der Waals surface area (Å²) in [6.07, 6.45) is 8.84. The Balaban J connectivity index is 0.00000280. The van der Waals surface area contributed by atoms with Gasteiger partial charge in [0.1, 0.15) is 0 Å². The molecule has 1 aromatic rings. The molecule has 5 nitrogen and oxygen atoms in total. The first-order chi connectivity index (χ1) is 12.9. The Labute approximate surface area is 191 Å². The predicted molar refractivity (Wildman–Crippen MR) is 130 cm³/mol. The molecule has 1 spiro atoms. The average molecular weight is 538 g/mol. The number of guanidine groups is 1. The van der Waals surface area contributed by atoms with Crippen LogP contribution in [0.5, 0.6) is 0 Å². The standard InChI is InChI=1S/C20H31N3O2S2.HI/c1-21-19(23-14-15-26-20(16-23)11-4-3-5-12-20)22-13-10-17-6-8-18(9-7-17)27(2,24)25;/h6-9H,3-5,10-16H2,1-2H3,(H,21,22);1H. The van der Waals surface area contributed by atoms with Crippen molar-refractivity contribution in [3.05, 3.63) is 29.8 Å². The van der Waals surface area contributed by atoms with Gasteiger partial charge in [-0.15, -0.1) is 24.0 Å². The molecular weight excluding hydrogens is 505 g/mol. The van der Waals surface area contributed by atoms with Gasteiger partial charge in [0.25, 0.3) is 0 Å². The normalized spacial score (nSPS) is 19.9. The molecule has 0 atom stereocenters. The van der Waals surface area contributed by atoms with E-state index in [0.717, 1.165) is 37.6 Å². The fraction of sp³-hybridized carbons (Fsp3) is 0.650. The zero-order chi connectivity index (χ0) is 19.3. The van der Waals surface area contributed by atoms with Gasteiger partial charge in [-0.05, 0) is 37.0 Å². The Hall–Kier alpha value is -0.480. The van der Waals surface area contributed by atoms with Crippen LogP contribution in [0.3, 0.4) is 0 Å². The Morgan fingerprint density at radius 3 is 2.50 bits per heavy atom. The minimum absolute atomic E-state index is 0. The summed E-state index contributed by atoms with van der Waals surface area (Å²) in [5.74, 6) is 2.17. The van der Waals surface area contributed by atoms with Crippen molar-refractivity contribution in [3.63, 3.8) is 0 Å². The van der Waals surface area contributed by atoms with Gasteiger partial charge in [-0.2, -0.15) is 11.8 Å². The number of hydrogen-bond acceptors (Lipinski definition) is 4. The van der Waals surface area contributed by atoms with E-state index in [1.807, 2.05) is 19.2 Å². The Bertz CT molecular complexity index is 755. The third-order valence-corrected chi connectivity index (χ3v) is 8.24. The molecule has 1 heterocycles. The third-order valence-electron chi connectivity index (χ3n) is 5.57.